The van der Waals surface area contributed by atoms with E-state index in [1.807, 2.05) is 6.07 Å². The van der Waals surface area contributed by atoms with Gasteiger partial charge in [0.05, 0.1) is 12.6 Å². The Balaban J connectivity index is 2.51. The SMILES string of the molecule is COC(=O)Cn1nc(C(=O)OC(C)(C)C)c2cc(Br)ccc21. The van der Waals surface area contributed by atoms with Crippen LogP contribution in [0.3, 0.4) is 0 Å². The monoisotopic (exact) mass is 368 g/mol. The first-order valence-electron chi connectivity index (χ1n) is 6.67. The number of esters is 2. The second-order valence-electron chi connectivity index (χ2n) is 5.75. The number of aromatic nitrogens is 2. The number of carbonyl (C=O) groups is 2. The number of carbonyl (C=O) groups excluding carboxylic acids is 2. The van der Waals surface area contributed by atoms with Crippen LogP contribution in [0.15, 0.2) is 22.7 Å². The van der Waals surface area contributed by atoms with Crippen LogP contribution >= 0.6 is 15.9 Å². The Hall–Kier alpha value is -1.89. The fraction of sp³-hybridized carbons (Fsp3) is 0.400. The van der Waals surface area contributed by atoms with Crippen molar-refractivity contribution >= 4 is 38.8 Å². The number of hydrogen-bond donors (Lipinski definition) is 0. The Morgan fingerprint density at radius 1 is 1.32 bits per heavy atom. The van der Waals surface area contributed by atoms with Crippen LogP contribution in [0.4, 0.5) is 0 Å². The van der Waals surface area contributed by atoms with Gasteiger partial charge in [-0.25, -0.2) is 4.79 Å². The minimum atomic E-state index is -0.623. The van der Waals surface area contributed by atoms with Crippen LogP contribution in [-0.4, -0.2) is 34.4 Å². The summed E-state index contributed by atoms with van der Waals surface area (Å²) in [6.07, 6.45) is 0. The second-order valence-corrected chi connectivity index (χ2v) is 6.66. The molecule has 0 aliphatic carbocycles. The maximum atomic E-state index is 12.3. The third kappa shape index (κ3) is 3.65. The highest BCUT2D eigenvalue weighted by atomic mass is 79.9. The number of fused-ring (bicyclic) bond motifs is 1. The van der Waals surface area contributed by atoms with E-state index in [9.17, 15) is 9.59 Å². The van der Waals surface area contributed by atoms with Gasteiger partial charge in [0.15, 0.2) is 5.69 Å². The molecule has 0 aliphatic rings. The first-order chi connectivity index (χ1) is 10.2. The van der Waals surface area contributed by atoms with Gasteiger partial charge in [0.1, 0.15) is 12.1 Å². The van der Waals surface area contributed by atoms with Crippen LogP contribution in [0.5, 0.6) is 0 Å². The van der Waals surface area contributed by atoms with E-state index in [-0.39, 0.29) is 12.2 Å². The van der Waals surface area contributed by atoms with E-state index in [4.69, 9.17) is 4.74 Å². The molecule has 0 bridgehead atoms. The molecule has 0 atom stereocenters. The van der Waals surface area contributed by atoms with Gasteiger partial charge in [0.2, 0.25) is 0 Å². The van der Waals surface area contributed by atoms with Crippen molar-refractivity contribution in [3.8, 4) is 0 Å². The van der Waals surface area contributed by atoms with Gasteiger partial charge in [-0.3, -0.25) is 9.48 Å². The summed E-state index contributed by atoms with van der Waals surface area (Å²) in [6, 6.07) is 5.37. The molecule has 0 fully saturated rings. The third-order valence-corrected chi connectivity index (χ3v) is 3.30. The lowest BCUT2D eigenvalue weighted by molar-refractivity contribution is -0.141. The van der Waals surface area contributed by atoms with Gasteiger partial charge in [0.25, 0.3) is 0 Å². The minimum absolute atomic E-state index is 0.0720. The molecule has 0 spiro atoms. The standard InChI is InChI=1S/C15H17BrN2O4/c1-15(2,3)22-14(20)13-10-7-9(16)5-6-11(10)18(17-13)8-12(19)21-4/h5-7H,8H2,1-4H3. The maximum Gasteiger partial charge on any atom is 0.360 e. The van der Waals surface area contributed by atoms with Crippen molar-refractivity contribution in [2.75, 3.05) is 7.11 Å². The largest absolute Gasteiger partial charge is 0.468 e. The highest BCUT2D eigenvalue weighted by Gasteiger charge is 2.24. The Labute approximate surface area is 136 Å². The Bertz CT molecular complexity index is 731. The number of hydrogen-bond acceptors (Lipinski definition) is 5. The zero-order valence-electron chi connectivity index (χ0n) is 12.8. The quantitative estimate of drug-likeness (QED) is 0.778. The topological polar surface area (TPSA) is 70.4 Å². The van der Waals surface area contributed by atoms with Gasteiger partial charge >= 0.3 is 11.9 Å². The molecule has 0 unspecified atom stereocenters. The molecule has 0 amide bonds. The van der Waals surface area contributed by atoms with E-state index in [0.717, 1.165) is 4.47 Å². The van der Waals surface area contributed by atoms with Crippen molar-refractivity contribution in [1.82, 2.24) is 9.78 Å². The Kier molecular flexibility index (Phi) is 4.55. The molecule has 2 aromatic rings. The third-order valence-electron chi connectivity index (χ3n) is 2.81. The van der Waals surface area contributed by atoms with Crippen molar-refractivity contribution in [3.63, 3.8) is 0 Å². The number of halogens is 1. The summed E-state index contributed by atoms with van der Waals surface area (Å²) < 4.78 is 12.3. The molecule has 1 aromatic carbocycles. The summed E-state index contributed by atoms with van der Waals surface area (Å²) in [4.78, 5) is 23.8. The Morgan fingerprint density at radius 3 is 2.59 bits per heavy atom. The fourth-order valence-electron chi connectivity index (χ4n) is 1.94. The predicted octanol–water partition coefficient (Wildman–Crippen LogP) is 2.93. The van der Waals surface area contributed by atoms with Crippen molar-refractivity contribution < 1.29 is 19.1 Å². The van der Waals surface area contributed by atoms with E-state index >= 15 is 0 Å². The van der Waals surface area contributed by atoms with Gasteiger partial charge in [-0.05, 0) is 39.0 Å². The molecule has 0 N–H and O–H groups in total. The van der Waals surface area contributed by atoms with Crippen LogP contribution in [0, 0.1) is 0 Å². The van der Waals surface area contributed by atoms with Crippen LogP contribution in [0.2, 0.25) is 0 Å². The van der Waals surface area contributed by atoms with Crippen LogP contribution in [0.25, 0.3) is 10.9 Å². The van der Waals surface area contributed by atoms with Crippen molar-refractivity contribution in [3.05, 3.63) is 28.4 Å². The number of rotatable bonds is 3. The van der Waals surface area contributed by atoms with E-state index in [0.29, 0.717) is 10.9 Å². The highest BCUT2D eigenvalue weighted by Crippen LogP contribution is 2.25. The van der Waals surface area contributed by atoms with E-state index < -0.39 is 17.5 Å². The summed E-state index contributed by atoms with van der Waals surface area (Å²) in [5, 5.41) is 4.84. The van der Waals surface area contributed by atoms with Gasteiger partial charge < -0.3 is 9.47 Å². The highest BCUT2D eigenvalue weighted by molar-refractivity contribution is 9.10. The second kappa shape index (κ2) is 6.08. The zero-order chi connectivity index (χ0) is 16.5. The minimum Gasteiger partial charge on any atom is -0.468 e. The molecule has 1 aromatic heterocycles. The number of methoxy groups -OCH3 is 1. The maximum absolute atomic E-state index is 12.3. The summed E-state index contributed by atoms with van der Waals surface area (Å²) in [7, 11) is 1.30. The van der Waals surface area contributed by atoms with E-state index in [1.54, 1.807) is 32.9 Å². The smallest absolute Gasteiger partial charge is 0.360 e. The molecule has 6 nitrogen and oxygen atoms in total. The molecule has 1 heterocycles. The van der Waals surface area contributed by atoms with Crippen LogP contribution < -0.4 is 0 Å². The summed E-state index contributed by atoms with van der Waals surface area (Å²) in [6.45, 7) is 5.29. The Morgan fingerprint density at radius 2 is 2.00 bits per heavy atom. The van der Waals surface area contributed by atoms with E-state index in [2.05, 4.69) is 25.8 Å². The molecule has 2 rings (SSSR count). The zero-order valence-corrected chi connectivity index (χ0v) is 14.4. The first kappa shape index (κ1) is 16.5. The molecule has 0 saturated carbocycles. The van der Waals surface area contributed by atoms with Gasteiger partial charge in [0, 0.05) is 9.86 Å². The summed E-state index contributed by atoms with van der Waals surface area (Å²) in [5.74, 6) is -0.970. The van der Waals surface area contributed by atoms with Gasteiger partial charge in [-0.1, -0.05) is 15.9 Å². The van der Waals surface area contributed by atoms with Gasteiger partial charge in [-0.2, -0.15) is 5.10 Å². The first-order valence-corrected chi connectivity index (χ1v) is 7.47. The summed E-state index contributed by atoms with van der Waals surface area (Å²) in [5.41, 5.74) is 0.214. The van der Waals surface area contributed by atoms with Crippen molar-refractivity contribution in [1.29, 1.82) is 0 Å². The summed E-state index contributed by atoms with van der Waals surface area (Å²) >= 11 is 3.37. The number of ether oxygens (including phenoxy) is 2. The average Bonchev–Trinajstić information content (AvgIpc) is 2.74. The normalized spacial score (nSPS) is 11.5. The number of benzene rings is 1. The van der Waals surface area contributed by atoms with Crippen molar-refractivity contribution in [2.24, 2.45) is 0 Å². The van der Waals surface area contributed by atoms with Crippen molar-refractivity contribution in [2.45, 2.75) is 32.9 Å². The molecule has 118 valence electrons. The van der Waals surface area contributed by atoms with Crippen LogP contribution in [-0.2, 0) is 20.8 Å². The lowest BCUT2D eigenvalue weighted by Gasteiger charge is -2.18. The molecular weight excluding hydrogens is 352 g/mol. The average molecular weight is 369 g/mol. The van der Waals surface area contributed by atoms with Crippen LogP contribution in [0.1, 0.15) is 31.3 Å². The predicted molar refractivity (Wildman–Crippen MR) is 84.6 cm³/mol. The molecule has 0 radical (unpaired) electrons. The van der Waals surface area contributed by atoms with Gasteiger partial charge in [-0.15, -0.1) is 0 Å². The lowest BCUT2D eigenvalue weighted by Crippen LogP contribution is -2.24. The number of nitrogens with zero attached hydrogens (tertiary/aromatic N) is 2. The molecule has 0 saturated heterocycles. The molecule has 0 aliphatic heterocycles. The molecule has 22 heavy (non-hydrogen) atoms. The van der Waals surface area contributed by atoms with E-state index in [1.165, 1.54) is 11.8 Å². The fourth-order valence-corrected chi connectivity index (χ4v) is 2.30. The molecule has 7 heteroatoms. The lowest BCUT2D eigenvalue weighted by atomic mass is 10.2. The molecular formula is C15H17BrN2O4.